The number of aryl methyl sites for hydroxylation is 1. The zero-order valence-corrected chi connectivity index (χ0v) is 9.17. The van der Waals surface area contributed by atoms with Crippen molar-refractivity contribution in [3.8, 4) is 5.75 Å². The summed E-state index contributed by atoms with van der Waals surface area (Å²) in [6, 6.07) is 3.87. The van der Waals surface area contributed by atoms with Gasteiger partial charge in [-0.25, -0.2) is 0 Å². The summed E-state index contributed by atoms with van der Waals surface area (Å²) in [7, 11) is 0. The van der Waals surface area contributed by atoms with Crippen molar-refractivity contribution in [3.63, 3.8) is 0 Å². The van der Waals surface area contributed by atoms with Gasteiger partial charge in [-0.1, -0.05) is 19.9 Å². The van der Waals surface area contributed by atoms with Gasteiger partial charge in [0.1, 0.15) is 5.75 Å². The Labute approximate surface area is 85.8 Å². The fourth-order valence-electron chi connectivity index (χ4n) is 2.69. The van der Waals surface area contributed by atoms with Gasteiger partial charge in [-0.2, -0.15) is 0 Å². The number of hydrogen-bond acceptors (Lipinski definition) is 1. The van der Waals surface area contributed by atoms with Crippen molar-refractivity contribution in [1.29, 1.82) is 0 Å². The van der Waals surface area contributed by atoms with Crippen LogP contribution in [-0.4, -0.2) is 5.11 Å². The molecule has 0 spiro atoms. The maximum Gasteiger partial charge on any atom is 0.119 e. The summed E-state index contributed by atoms with van der Waals surface area (Å²) in [5, 5.41) is 9.87. The van der Waals surface area contributed by atoms with Crippen molar-refractivity contribution < 1.29 is 5.11 Å². The second-order valence-corrected chi connectivity index (χ2v) is 4.61. The summed E-state index contributed by atoms with van der Waals surface area (Å²) in [5.74, 6) is 1.61. The van der Waals surface area contributed by atoms with Crippen molar-refractivity contribution >= 4 is 0 Å². The molecule has 14 heavy (non-hydrogen) atoms. The molecule has 2 rings (SSSR count). The van der Waals surface area contributed by atoms with Gasteiger partial charge in [0.2, 0.25) is 0 Å². The molecule has 0 aromatic heterocycles. The van der Waals surface area contributed by atoms with Gasteiger partial charge in [0, 0.05) is 5.56 Å². The molecule has 1 aromatic carbocycles. The van der Waals surface area contributed by atoms with Gasteiger partial charge in [-0.3, -0.25) is 0 Å². The molecule has 1 aromatic rings. The highest BCUT2D eigenvalue weighted by Gasteiger charge is 2.25. The highest BCUT2D eigenvalue weighted by molar-refractivity contribution is 5.48. The first-order chi connectivity index (χ1) is 6.61. The van der Waals surface area contributed by atoms with E-state index in [2.05, 4.69) is 20.8 Å². The topological polar surface area (TPSA) is 20.2 Å². The van der Waals surface area contributed by atoms with Crippen LogP contribution in [0.15, 0.2) is 12.1 Å². The lowest BCUT2D eigenvalue weighted by molar-refractivity contribution is 0.440. The molecule has 0 heterocycles. The fraction of sp³-hybridized carbons (Fsp3) is 0.538. The largest absolute Gasteiger partial charge is 0.508 e. The zero-order chi connectivity index (χ0) is 10.3. The highest BCUT2D eigenvalue weighted by Crippen LogP contribution is 2.43. The molecule has 0 aliphatic heterocycles. The molecule has 0 saturated heterocycles. The van der Waals surface area contributed by atoms with Crippen molar-refractivity contribution in [3.05, 3.63) is 28.8 Å². The molecule has 0 saturated carbocycles. The van der Waals surface area contributed by atoms with E-state index in [0.29, 0.717) is 17.6 Å². The SMILES string of the molecule is Cc1ccc(O)c2c1C(C)CCC2C. The van der Waals surface area contributed by atoms with E-state index in [9.17, 15) is 5.11 Å². The first kappa shape index (κ1) is 9.57. The van der Waals surface area contributed by atoms with Crippen LogP contribution >= 0.6 is 0 Å². The van der Waals surface area contributed by atoms with E-state index in [1.807, 2.05) is 12.1 Å². The summed E-state index contributed by atoms with van der Waals surface area (Å²) < 4.78 is 0. The van der Waals surface area contributed by atoms with Gasteiger partial charge >= 0.3 is 0 Å². The zero-order valence-electron chi connectivity index (χ0n) is 9.17. The van der Waals surface area contributed by atoms with Crippen molar-refractivity contribution in [1.82, 2.24) is 0 Å². The number of phenolic OH excluding ortho intramolecular Hbond substituents is 1. The van der Waals surface area contributed by atoms with Crippen molar-refractivity contribution in [2.75, 3.05) is 0 Å². The molecule has 2 atom stereocenters. The Hall–Kier alpha value is -0.980. The van der Waals surface area contributed by atoms with Crippen LogP contribution in [0.1, 0.15) is 55.2 Å². The Bertz CT molecular complexity index is 319. The van der Waals surface area contributed by atoms with Gasteiger partial charge in [0.15, 0.2) is 0 Å². The third kappa shape index (κ3) is 1.31. The molecule has 76 valence electrons. The van der Waals surface area contributed by atoms with Gasteiger partial charge in [0.05, 0.1) is 0 Å². The molecule has 1 heteroatoms. The first-order valence-corrected chi connectivity index (χ1v) is 5.43. The second-order valence-electron chi connectivity index (χ2n) is 4.61. The molecule has 1 aliphatic rings. The summed E-state index contributed by atoms with van der Waals surface area (Å²) in [5.41, 5.74) is 3.92. The Balaban J connectivity index is 2.65. The molecule has 1 N–H and O–H groups in total. The second kappa shape index (κ2) is 3.30. The molecule has 0 amide bonds. The number of hydrogen-bond donors (Lipinski definition) is 1. The van der Waals surface area contributed by atoms with Crippen LogP contribution in [0.4, 0.5) is 0 Å². The van der Waals surface area contributed by atoms with Crippen LogP contribution in [-0.2, 0) is 0 Å². The van der Waals surface area contributed by atoms with Gasteiger partial charge in [0.25, 0.3) is 0 Å². The lowest BCUT2D eigenvalue weighted by Crippen LogP contribution is -2.12. The third-order valence-corrected chi connectivity index (χ3v) is 3.50. The van der Waals surface area contributed by atoms with Gasteiger partial charge < -0.3 is 5.11 Å². The van der Waals surface area contributed by atoms with Crippen LogP contribution in [0.5, 0.6) is 5.75 Å². The Kier molecular flexibility index (Phi) is 2.26. The molecule has 0 bridgehead atoms. The normalized spacial score (nSPS) is 25.9. The molecule has 0 radical (unpaired) electrons. The summed E-state index contributed by atoms with van der Waals surface area (Å²) >= 11 is 0. The Morgan fingerprint density at radius 1 is 1.07 bits per heavy atom. The van der Waals surface area contributed by atoms with E-state index in [0.717, 1.165) is 0 Å². The summed E-state index contributed by atoms with van der Waals surface area (Å²) in [6.07, 6.45) is 2.45. The standard InChI is InChI=1S/C13H18O/c1-8-4-5-10(3)13-11(14)7-6-9(2)12(8)13/h6-8,10,14H,4-5H2,1-3H3. The Morgan fingerprint density at radius 2 is 1.64 bits per heavy atom. The lowest BCUT2D eigenvalue weighted by atomic mass is 9.76. The smallest absolute Gasteiger partial charge is 0.119 e. The maximum absolute atomic E-state index is 9.87. The maximum atomic E-state index is 9.87. The molecule has 1 aliphatic carbocycles. The van der Waals surface area contributed by atoms with Crippen molar-refractivity contribution in [2.24, 2.45) is 0 Å². The van der Waals surface area contributed by atoms with E-state index in [-0.39, 0.29) is 0 Å². The number of benzene rings is 1. The van der Waals surface area contributed by atoms with Crippen LogP contribution < -0.4 is 0 Å². The minimum atomic E-state index is 0.490. The van der Waals surface area contributed by atoms with Gasteiger partial charge in [-0.15, -0.1) is 0 Å². The van der Waals surface area contributed by atoms with E-state index in [1.54, 1.807) is 0 Å². The Morgan fingerprint density at radius 3 is 2.21 bits per heavy atom. The number of phenols is 1. The molecule has 1 nitrogen and oxygen atoms in total. The van der Waals surface area contributed by atoms with E-state index >= 15 is 0 Å². The molecule has 2 unspecified atom stereocenters. The minimum Gasteiger partial charge on any atom is -0.508 e. The lowest BCUT2D eigenvalue weighted by Gasteiger charge is -2.29. The summed E-state index contributed by atoms with van der Waals surface area (Å²) in [4.78, 5) is 0. The molecule has 0 fully saturated rings. The third-order valence-electron chi connectivity index (χ3n) is 3.50. The van der Waals surface area contributed by atoms with Crippen LogP contribution in [0.2, 0.25) is 0 Å². The van der Waals surface area contributed by atoms with E-state index in [1.165, 1.54) is 29.5 Å². The van der Waals surface area contributed by atoms with Crippen LogP contribution in [0.3, 0.4) is 0 Å². The highest BCUT2D eigenvalue weighted by atomic mass is 16.3. The van der Waals surface area contributed by atoms with Crippen LogP contribution in [0.25, 0.3) is 0 Å². The van der Waals surface area contributed by atoms with E-state index in [4.69, 9.17) is 0 Å². The minimum absolute atomic E-state index is 0.490. The number of aromatic hydroxyl groups is 1. The first-order valence-electron chi connectivity index (χ1n) is 5.43. The molecular weight excluding hydrogens is 172 g/mol. The number of rotatable bonds is 0. The van der Waals surface area contributed by atoms with E-state index < -0.39 is 0 Å². The molecular formula is C13H18O. The quantitative estimate of drug-likeness (QED) is 0.661. The van der Waals surface area contributed by atoms with Crippen molar-refractivity contribution in [2.45, 2.75) is 45.4 Å². The average molecular weight is 190 g/mol. The fourth-order valence-corrected chi connectivity index (χ4v) is 2.69. The predicted molar refractivity (Wildman–Crippen MR) is 58.9 cm³/mol. The monoisotopic (exact) mass is 190 g/mol. The number of fused-ring (bicyclic) bond motifs is 1. The van der Waals surface area contributed by atoms with Gasteiger partial charge in [-0.05, 0) is 48.8 Å². The van der Waals surface area contributed by atoms with Crippen LogP contribution in [0, 0.1) is 6.92 Å². The predicted octanol–water partition coefficient (Wildman–Crippen LogP) is 3.70. The average Bonchev–Trinajstić information content (AvgIpc) is 2.16. The summed E-state index contributed by atoms with van der Waals surface area (Å²) in [6.45, 7) is 6.62.